The first-order valence-electron chi connectivity index (χ1n) is 5.37. The molecule has 0 spiro atoms. The lowest BCUT2D eigenvalue weighted by Crippen LogP contribution is -2.09. The Kier molecular flexibility index (Phi) is 4.35. The number of anilines is 1. The number of nitrogens with one attached hydrogen (secondary N) is 1. The lowest BCUT2D eigenvalue weighted by atomic mass is 10.1. The van der Waals surface area contributed by atoms with E-state index in [0.717, 1.165) is 5.69 Å². The van der Waals surface area contributed by atoms with Crippen LogP contribution in [0.25, 0.3) is 0 Å². The van der Waals surface area contributed by atoms with Gasteiger partial charge in [0.2, 0.25) is 0 Å². The molecule has 90 valence electrons. The molecule has 0 bridgehead atoms. The van der Waals surface area contributed by atoms with E-state index >= 15 is 0 Å². The van der Waals surface area contributed by atoms with Crippen LogP contribution >= 0.6 is 0 Å². The van der Waals surface area contributed by atoms with E-state index in [-0.39, 0.29) is 5.75 Å². The topological polar surface area (TPSA) is 46.2 Å². The van der Waals surface area contributed by atoms with Gasteiger partial charge in [-0.05, 0) is 43.5 Å². The summed E-state index contributed by atoms with van der Waals surface area (Å²) in [5.74, 6) is 0.241. The van der Waals surface area contributed by atoms with Crippen LogP contribution in [0.3, 0.4) is 0 Å². The second-order valence-corrected chi connectivity index (χ2v) is 6.55. The van der Waals surface area contributed by atoms with Crippen LogP contribution in [0, 0.1) is 13.8 Å². The van der Waals surface area contributed by atoms with Crippen LogP contribution in [0.5, 0.6) is 0 Å². The van der Waals surface area contributed by atoms with Crippen LogP contribution < -0.4 is 5.32 Å². The second kappa shape index (κ2) is 5.34. The van der Waals surface area contributed by atoms with Crippen molar-refractivity contribution in [2.24, 2.45) is 0 Å². The molecule has 1 aromatic rings. The molecular weight excluding hydrogens is 222 g/mol. The fourth-order valence-electron chi connectivity index (χ4n) is 1.64. The number of aryl methyl sites for hydroxylation is 2. The predicted molar refractivity (Wildman–Crippen MR) is 68.7 cm³/mol. The minimum absolute atomic E-state index is 0.241. The van der Waals surface area contributed by atoms with Crippen LogP contribution in [0.2, 0.25) is 0 Å². The number of benzene rings is 1. The highest BCUT2D eigenvalue weighted by Crippen LogP contribution is 2.13. The summed E-state index contributed by atoms with van der Waals surface area (Å²) in [4.78, 5) is 0. The Hall–Kier alpha value is -1.03. The van der Waals surface area contributed by atoms with Gasteiger partial charge in [-0.1, -0.05) is 6.07 Å². The molecule has 0 radical (unpaired) electrons. The van der Waals surface area contributed by atoms with E-state index in [9.17, 15) is 8.42 Å². The Balaban J connectivity index is 2.43. The van der Waals surface area contributed by atoms with Crippen molar-refractivity contribution in [3.8, 4) is 0 Å². The highest BCUT2D eigenvalue weighted by molar-refractivity contribution is 7.90. The molecule has 1 N–H and O–H groups in total. The average Bonchev–Trinajstić information content (AvgIpc) is 2.09. The minimum Gasteiger partial charge on any atom is -0.385 e. The van der Waals surface area contributed by atoms with Gasteiger partial charge in [-0.2, -0.15) is 0 Å². The summed E-state index contributed by atoms with van der Waals surface area (Å²) in [6.07, 6.45) is 1.91. The summed E-state index contributed by atoms with van der Waals surface area (Å²) in [7, 11) is -2.83. The maximum atomic E-state index is 10.9. The van der Waals surface area contributed by atoms with Crippen molar-refractivity contribution >= 4 is 15.5 Å². The second-order valence-electron chi connectivity index (χ2n) is 4.29. The number of hydrogen-bond acceptors (Lipinski definition) is 3. The Morgan fingerprint density at radius 2 is 1.69 bits per heavy atom. The fraction of sp³-hybridized carbons (Fsp3) is 0.500. The molecule has 0 saturated heterocycles. The Morgan fingerprint density at radius 1 is 1.12 bits per heavy atom. The molecule has 0 aliphatic carbocycles. The van der Waals surface area contributed by atoms with Gasteiger partial charge in [-0.3, -0.25) is 0 Å². The molecule has 0 amide bonds. The average molecular weight is 241 g/mol. The molecule has 0 unspecified atom stereocenters. The van der Waals surface area contributed by atoms with E-state index in [2.05, 4.69) is 37.4 Å². The third-order valence-corrected chi connectivity index (χ3v) is 3.27. The first kappa shape index (κ1) is 13.0. The van der Waals surface area contributed by atoms with Crippen molar-refractivity contribution < 1.29 is 8.42 Å². The summed E-state index contributed by atoms with van der Waals surface area (Å²) < 4.78 is 21.8. The van der Waals surface area contributed by atoms with Gasteiger partial charge in [0.1, 0.15) is 9.84 Å². The zero-order chi connectivity index (χ0) is 12.2. The van der Waals surface area contributed by atoms with Gasteiger partial charge < -0.3 is 5.32 Å². The molecule has 1 rings (SSSR count). The molecule has 3 nitrogen and oxygen atoms in total. The van der Waals surface area contributed by atoms with Crippen LogP contribution in [-0.2, 0) is 9.84 Å². The number of hydrogen-bond donors (Lipinski definition) is 1. The van der Waals surface area contributed by atoms with E-state index in [0.29, 0.717) is 13.0 Å². The highest BCUT2D eigenvalue weighted by atomic mass is 32.2. The third kappa shape index (κ3) is 5.16. The molecule has 4 heteroatoms. The smallest absolute Gasteiger partial charge is 0.147 e. The van der Waals surface area contributed by atoms with Gasteiger partial charge in [-0.25, -0.2) is 8.42 Å². The van der Waals surface area contributed by atoms with E-state index in [1.165, 1.54) is 17.4 Å². The molecule has 0 aliphatic heterocycles. The molecule has 0 heterocycles. The van der Waals surface area contributed by atoms with Gasteiger partial charge in [0, 0.05) is 18.5 Å². The molecular formula is C12H19NO2S. The predicted octanol–water partition coefficient (Wildman–Crippen LogP) is 2.15. The fourth-order valence-corrected chi connectivity index (χ4v) is 2.31. The molecule has 0 aliphatic rings. The maximum absolute atomic E-state index is 10.9. The standard InChI is InChI=1S/C12H19NO2S/c1-10-7-11(2)9-12(8-10)13-5-4-6-16(3,14)15/h7-9,13H,4-6H2,1-3H3. The zero-order valence-electron chi connectivity index (χ0n) is 10.1. The first-order valence-corrected chi connectivity index (χ1v) is 7.43. The third-order valence-electron chi connectivity index (χ3n) is 2.24. The molecule has 0 atom stereocenters. The number of rotatable bonds is 5. The lowest BCUT2D eigenvalue weighted by molar-refractivity contribution is 0.600. The largest absolute Gasteiger partial charge is 0.385 e. The van der Waals surface area contributed by atoms with Gasteiger partial charge in [-0.15, -0.1) is 0 Å². The van der Waals surface area contributed by atoms with E-state index in [4.69, 9.17) is 0 Å². The first-order chi connectivity index (χ1) is 7.37. The van der Waals surface area contributed by atoms with Crippen molar-refractivity contribution in [3.05, 3.63) is 29.3 Å². The van der Waals surface area contributed by atoms with Gasteiger partial charge in [0.15, 0.2) is 0 Å². The van der Waals surface area contributed by atoms with E-state index < -0.39 is 9.84 Å². The maximum Gasteiger partial charge on any atom is 0.147 e. The van der Waals surface area contributed by atoms with Gasteiger partial charge in [0.05, 0.1) is 5.75 Å². The number of sulfone groups is 1. The lowest BCUT2D eigenvalue weighted by Gasteiger charge is -2.08. The molecule has 0 fully saturated rings. The molecule has 0 aromatic heterocycles. The van der Waals surface area contributed by atoms with Crippen LogP contribution in [0.1, 0.15) is 17.5 Å². The monoisotopic (exact) mass is 241 g/mol. The summed E-state index contributed by atoms with van der Waals surface area (Å²) in [5.41, 5.74) is 3.49. The van der Waals surface area contributed by atoms with E-state index in [1.54, 1.807) is 0 Å². The Morgan fingerprint density at radius 3 is 2.19 bits per heavy atom. The van der Waals surface area contributed by atoms with Crippen molar-refractivity contribution in [1.82, 2.24) is 0 Å². The molecule has 1 aromatic carbocycles. The van der Waals surface area contributed by atoms with E-state index in [1.807, 2.05) is 0 Å². The SMILES string of the molecule is Cc1cc(C)cc(NCCCS(C)(=O)=O)c1. The van der Waals surface area contributed by atoms with Crippen molar-refractivity contribution in [2.45, 2.75) is 20.3 Å². The van der Waals surface area contributed by atoms with Crippen molar-refractivity contribution in [1.29, 1.82) is 0 Å². The van der Waals surface area contributed by atoms with Crippen LogP contribution in [-0.4, -0.2) is 27.0 Å². The molecule has 0 saturated carbocycles. The normalized spacial score (nSPS) is 11.4. The van der Waals surface area contributed by atoms with Crippen molar-refractivity contribution in [3.63, 3.8) is 0 Å². The van der Waals surface area contributed by atoms with Gasteiger partial charge in [0.25, 0.3) is 0 Å². The summed E-state index contributed by atoms with van der Waals surface area (Å²) in [5, 5.41) is 3.23. The Labute approximate surface area is 97.8 Å². The quantitative estimate of drug-likeness (QED) is 0.803. The summed E-state index contributed by atoms with van der Waals surface area (Å²) in [6.45, 7) is 4.79. The zero-order valence-corrected chi connectivity index (χ0v) is 10.9. The minimum atomic E-state index is -2.83. The summed E-state index contributed by atoms with van der Waals surface area (Å²) in [6, 6.07) is 6.24. The van der Waals surface area contributed by atoms with Crippen LogP contribution in [0.4, 0.5) is 5.69 Å². The summed E-state index contributed by atoms with van der Waals surface area (Å²) >= 11 is 0. The van der Waals surface area contributed by atoms with Crippen LogP contribution in [0.15, 0.2) is 18.2 Å². The highest BCUT2D eigenvalue weighted by Gasteiger charge is 2.01. The Bertz CT molecular complexity index is 432. The molecule has 16 heavy (non-hydrogen) atoms. The van der Waals surface area contributed by atoms with Crippen molar-refractivity contribution in [2.75, 3.05) is 23.9 Å². The van der Waals surface area contributed by atoms with Gasteiger partial charge >= 0.3 is 0 Å².